The van der Waals surface area contributed by atoms with Crippen LogP contribution < -0.4 is 15.7 Å². The van der Waals surface area contributed by atoms with Crippen molar-refractivity contribution in [3.05, 3.63) is 114 Å². The van der Waals surface area contributed by atoms with Crippen molar-refractivity contribution in [2.45, 2.75) is 63.8 Å². The van der Waals surface area contributed by atoms with Gasteiger partial charge in [0.1, 0.15) is 0 Å². The second kappa shape index (κ2) is 18.0. The molecule has 4 N–H and O–H groups in total. The van der Waals surface area contributed by atoms with Crippen LogP contribution in [0.5, 0.6) is 0 Å². The monoisotopic (exact) mass is 694 g/mol. The first-order valence-electron chi connectivity index (χ1n) is 17.6. The molecule has 2 saturated heterocycles. The van der Waals surface area contributed by atoms with E-state index >= 15 is 0 Å². The number of ether oxygens (including phenoxy) is 2. The Balaban J connectivity index is 1.08. The lowest BCUT2D eigenvalue weighted by Crippen LogP contribution is -2.50. The van der Waals surface area contributed by atoms with Crippen LogP contribution in [0.25, 0.3) is 11.1 Å². The summed E-state index contributed by atoms with van der Waals surface area (Å²) in [5, 5.41) is 21.1. The molecule has 6 rings (SSSR count). The summed E-state index contributed by atoms with van der Waals surface area (Å²) in [4.78, 5) is 36.9. The molecular weight excluding hydrogens is 648 g/mol. The number of aromatic nitrogens is 2. The van der Waals surface area contributed by atoms with Gasteiger partial charge in [-0.25, -0.2) is 15.4 Å². The van der Waals surface area contributed by atoms with Gasteiger partial charge in [-0.1, -0.05) is 66.7 Å². The lowest BCUT2D eigenvalue weighted by atomic mass is 9.98. The summed E-state index contributed by atoms with van der Waals surface area (Å²) in [5.74, 6) is 0.244. The van der Waals surface area contributed by atoms with Gasteiger partial charge in [-0.2, -0.15) is 0 Å². The summed E-state index contributed by atoms with van der Waals surface area (Å²) in [5.41, 5.74) is 7.53. The number of anilines is 1. The molecule has 3 heterocycles. The molecule has 4 aromatic rings. The van der Waals surface area contributed by atoms with Crippen LogP contribution >= 0.6 is 0 Å². The van der Waals surface area contributed by atoms with Gasteiger partial charge in [0.2, 0.25) is 17.8 Å². The summed E-state index contributed by atoms with van der Waals surface area (Å²) < 4.78 is 13.2. The molecule has 0 spiro atoms. The Morgan fingerprint density at radius 2 is 1.49 bits per heavy atom. The van der Waals surface area contributed by atoms with Gasteiger partial charge in [-0.15, -0.1) is 0 Å². The number of hydrogen-bond acceptors (Lipinski definition) is 10. The summed E-state index contributed by atoms with van der Waals surface area (Å²) in [7, 11) is 0. The molecule has 0 saturated carbocycles. The fourth-order valence-electron chi connectivity index (χ4n) is 6.52. The minimum Gasteiger partial charge on any atom is -0.392 e. The van der Waals surface area contributed by atoms with E-state index in [2.05, 4.69) is 55.4 Å². The Bertz CT molecular complexity index is 1700. The zero-order valence-electron chi connectivity index (χ0n) is 28.7. The largest absolute Gasteiger partial charge is 0.392 e. The van der Waals surface area contributed by atoms with Crippen molar-refractivity contribution in [1.82, 2.24) is 25.7 Å². The topological polar surface area (TPSA) is 149 Å². The van der Waals surface area contributed by atoms with Crippen molar-refractivity contribution in [2.24, 2.45) is 0 Å². The van der Waals surface area contributed by atoms with Crippen molar-refractivity contribution in [2.75, 3.05) is 37.6 Å². The minimum absolute atomic E-state index is 0.000886. The number of unbranched alkanes of at least 4 members (excludes halogenated alkanes) is 1. The van der Waals surface area contributed by atoms with Gasteiger partial charge in [-0.05, 0) is 52.8 Å². The van der Waals surface area contributed by atoms with Crippen LogP contribution in [-0.4, -0.2) is 75.8 Å². The van der Waals surface area contributed by atoms with Crippen LogP contribution in [0, 0.1) is 0 Å². The third-order valence-electron chi connectivity index (χ3n) is 9.40. The lowest BCUT2D eigenvalue weighted by molar-refractivity contribution is -0.253. The van der Waals surface area contributed by atoms with Crippen molar-refractivity contribution in [1.29, 1.82) is 0 Å². The summed E-state index contributed by atoms with van der Waals surface area (Å²) in [6.07, 6.45) is 5.14. The fraction of sp³-hybridized carbons (Fsp3) is 0.385. The number of nitrogens with zero attached hydrogens (tertiary/aromatic N) is 4. The Morgan fingerprint density at radius 1 is 0.784 bits per heavy atom. The molecule has 0 radical (unpaired) electrons. The van der Waals surface area contributed by atoms with Gasteiger partial charge < -0.3 is 24.8 Å². The van der Waals surface area contributed by atoms with E-state index in [-0.39, 0.29) is 31.1 Å². The first kappa shape index (κ1) is 36.1. The molecule has 0 unspecified atom stereocenters. The molecular formula is C39H46N6O6. The SMILES string of the molecule is O=C(CCCCC(=O)NCc1cccc(-c2ccc([C@H]3O[C@@H](CN4CCN(c5ncccn5)CC4)C[C@@H](c4ccc(CO)cc4)O3)cc2)c1)NO. The Morgan fingerprint density at radius 3 is 2.20 bits per heavy atom. The number of aliphatic hydroxyl groups excluding tert-OH is 1. The molecule has 2 fully saturated rings. The minimum atomic E-state index is -0.543. The number of rotatable bonds is 14. The van der Waals surface area contributed by atoms with Crippen molar-refractivity contribution in [3.8, 4) is 11.1 Å². The third kappa shape index (κ3) is 10.2. The molecule has 0 bridgehead atoms. The Hall–Kier alpha value is -4.72. The number of benzene rings is 3. The van der Waals surface area contributed by atoms with Crippen molar-refractivity contribution < 1.29 is 29.4 Å². The molecule has 2 amide bonds. The fourth-order valence-corrected chi connectivity index (χ4v) is 6.52. The van der Waals surface area contributed by atoms with E-state index in [1.54, 1.807) is 17.9 Å². The standard InChI is InChI=1S/C39H46N6O6/c46-27-28-9-11-31(12-10-28)35-24-34(26-44-19-21-45(22-20-44)39-40-17-4-18-41-39)50-38(51-35)32-15-13-30(14-16-32)33-6-3-5-29(23-33)25-42-36(47)7-1-2-8-37(48)43-49/h3-6,9-18,23,34-35,38,46,49H,1-2,7-8,19-22,24-27H2,(H,42,47)(H,43,48)/t34-,35+,38+/m1/s1. The van der Waals surface area contributed by atoms with Gasteiger partial charge >= 0.3 is 0 Å². The normalized spacial score (nSPS) is 19.4. The molecule has 51 heavy (non-hydrogen) atoms. The molecule has 12 nitrogen and oxygen atoms in total. The van der Waals surface area contributed by atoms with Gasteiger partial charge in [0.05, 0.1) is 18.8 Å². The second-order valence-corrected chi connectivity index (χ2v) is 13.0. The van der Waals surface area contributed by atoms with Gasteiger partial charge in [0.15, 0.2) is 6.29 Å². The molecule has 2 aliphatic rings. The smallest absolute Gasteiger partial charge is 0.243 e. The Kier molecular flexibility index (Phi) is 12.7. The number of carbonyl (C=O) groups is 2. The van der Waals surface area contributed by atoms with Crippen LogP contribution in [0.3, 0.4) is 0 Å². The van der Waals surface area contributed by atoms with Crippen molar-refractivity contribution in [3.63, 3.8) is 0 Å². The number of carbonyl (C=O) groups excluding carboxylic acids is 2. The highest BCUT2D eigenvalue weighted by molar-refractivity contribution is 5.76. The molecule has 0 aliphatic carbocycles. The molecule has 2 aliphatic heterocycles. The number of hydrogen-bond donors (Lipinski definition) is 4. The zero-order valence-corrected chi connectivity index (χ0v) is 28.7. The molecule has 3 aromatic carbocycles. The predicted octanol–water partition coefficient (Wildman–Crippen LogP) is 4.69. The third-order valence-corrected chi connectivity index (χ3v) is 9.40. The van der Waals surface area contributed by atoms with E-state index in [9.17, 15) is 14.7 Å². The second-order valence-electron chi connectivity index (χ2n) is 13.0. The number of amides is 2. The quantitative estimate of drug-likeness (QED) is 0.0833. The highest BCUT2D eigenvalue weighted by Gasteiger charge is 2.34. The van der Waals surface area contributed by atoms with E-state index < -0.39 is 12.2 Å². The van der Waals surface area contributed by atoms with Crippen LogP contribution in [-0.2, 0) is 32.2 Å². The highest BCUT2D eigenvalue weighted by atomic mass is 16.7. The van der Waals surface area contributed by atoms with Gasteiger partial charge in [0, 0.05) is 76.5 Å². The van der Waals surface area contributed by atoms with Crippen LogP contribution in [0.4, 0.5) is 5.95 Å². The maximum atomic E-state index is 12.3. The maximum Gasteiger partial charge on any atom is 0.243 e. The first-order valence-corrected chi connectivity index (χ1v) is 17.6. The van der Waals surface area contributed by atoms with Gasteiger partial charge in [-0.3, -0.25) is 19.7 Å². The highest BCUT2D eigenvalue weighted by Crippen LogP contribution is 2.39. The molecule has 12 heteroatoms. The van der Waals surface area contributed by atoms with Crippen LogP contribution in [0.2, 0.25) is 0 Å². The number of aliphatic hydroxyl groups is 1. The molecule has 3 atom stereocenters. The van der Waals surface area contributed by atoms with E-state index in [0.717, 1.165) is 78.5 Å². The van der Waals surface area contributed by atoms with Crippen molar-refractivity contribution >= 4 is 17.8 Å². The zero-order chi connectivity index (χ0) is 35.4. The van der Waals surface area contributed by atoms with Crippen LogP contribution in [0.1, 0.15) is 66.8 Å². The molecule has 268 valence electrons. The maximum absolute atomic E-state index is 12.3. The Labute approximate surface area is 298 Å². The van der Waals surface area contributed by atoms with E-state index in [4.69, 9.17) is 14.7 Å². The predicted molar refractivity (Wildman–Crippen MR) is 191 cm³/mol. The van der Waals surface area contributed by atoms with Gasteiger partial charge in [0.25, 0.3) is 0 Å². The number of nitrogens with one attached hydrogen (secondary N) is 2. The summed E-state index contributed by atoms with van der Waals surface area (Å²) >= 11 is 0. The average molecular weight is 695 g/mol. The van der Waals surface area contributed by atoms with E-state index in [0.29, 0.717) is 25.8 Å². The lowest BCUT2D eigenvalue weighted by Gasteiger charge is -2.40. The number of hydroxylamine groups is 1. The average Bonchev–Trinajstić information content (AvgIpc) is 3.19. The number of piperazine rings is 1. The summed E-state index contributed by atoms with van der Waals surface area (Å²) in [6, 6.07) is 26.1. The van der Waals surface area contributed by atoms with E-state index in [1.165, 1.54) is 0 Å². The van der Waals surface area contributed by atoms with Crippen LogP contribution in [0.15, 0.2) is 91.3 Å². The van der Waals surface area contributed by atoms with E-state index in [1.807, 2.05) is 48.5 Å². The summed E-state index contributed by atoms with van der Waals surface area (Å²) in [6.45, 7) is 4.68. The molecule has 1 aromatic heterocycles. The first-order chi connectivity index (χ1) is 25.0.